The van der Waals surface area contributed by atoms with Gasteiger partial charge in [-0.1, -0.05) is 146 Å². The number of hydrogen-bond acceptors (Lipinski definition) is 1. The minimum absolute atomic E-state index is 0.515. The van der Waals surface area contributed by atoms with Crippen LogP contribution >= 0.6 is 0 Å². The molecule has 0 saturated carbocycles. The highest BCUT2D eigenvalue weighted by Gasteiger charge is 2.25. The summed E-state index contributed by atoms with van der Waals surface area (Å²) >= 11 is 0. The van der Waals surface area contributed by atoms with Crippen LogP contribution in [-0.4, -0.2) is 23.3 Å². The van der Waals surface area contributed by atoms with Crippen LogP contribution < -0.4 is 0 Å². The van der Waals surface area contributed by atoms with Crippen LogP contribution in [0.4, 0.5) is 5.69 Å². The molecule has 0 amide bonds. The van der Waals surface area contributed by atoms with E-state index in [0.29, 0.717) is 11.4 Å². The highest BCUT2D eigenvalue weighted by Crippen LogP contribution is 2.45. The Balaban J connectivity index is 1.13. The molecule has 6 nitrogen and oxygen atoms in total. The molecule has 0 aliphatic carbocycles. The van der Waals surface area contributed by atoms with Crippen LogP contribution in [0.5, 0.6) is 0 Å². The van der Waals surface area contributed by atoms with Crippen molar-refractivity contribution in [1.29, 1.82) is 0 Å². The summed E-state index contributed by atoms with van der Waals surface area (Å²) in [5.41, 5.74) is 14.5. The SMILES string of the molecule is [C-]#[N+]c1cc(-n2c3ccccc3c3ccccc32)c(-n2c3ccccc3c3ccccc32)cc1-c1cc(-n2c3ccccc3c3ccccc32)c(-n2c3ccccc3c3ccccc32)cn1. The summed E-state index contributed by atoms with van der Waals surface area (Å²) in [6.07, 6.45) is 2.02. The third-order valence-electron chi connectivity index (χ3n) is 13.6. The maximum absolute atomic E-state index is 8.91. The molecule has 0 atom stereocenters. The second-order valence-electron chi connectivity index (χ2n) is 17.0. The summed E-state index contributed by atoms with van der Waals surface area (Å²) in [7, 11) is 0. The molecule has 0 bridgehead atoms. The Bertz CT molecular complexity index is 4160. The molecule has 0 aliphatic rings. The van der Waals surface area contributed by atoms with Gasteiger partial charge in [0.25, 0.3) is 0 Å². The van der Waals surface area contributed by atoms with E-state index in [1.54, 1.807) is 0 Å². The Kier molecular flexibility index (Phi) is 7.65. The number of hydrogen-bond donors (Lipinski definition) is 0. The maximum Gasteiger partial charge on any atom is 0.198 e. The first-order chi connectivity index (χ1) is 32.7. The van der Waals surface area contributed by atoms with Gasteiger partial charge in [-0.25, -0.2) is 4.85 Å². The molecule has 0 saturated heterocycles. The Labute approximate surface area is 378 Å². The first kappa shape index (κ1) is 36.3. The number of rotatable bonds is 5. The second-order valence-corrected chi connectivity index (χ2v) is 17.0. The molecule has 0 N–H and O–H groups in total. The number of fused-ring (bicyclic) bond motifs is 12. The van der Waals surface area contributed by atoms with Gasteiger partial charge in [0.1, 0.15) is 0 Å². The van der Waals surface area contributed by atoms with Gasteiger partial charge in [0.05, 0.1) is 85.3 Å². The van der Waals surface area contributed by atoms with Gasteiger partial charge in [-0.15, -0.1) is 0 Å². The molecule has 0 fully saturated rings. The smallest absolute Gasteiger partial charge is 0.198 e. The van der Waals surface area contributed by atoms with Crippen molar-refractivity contribution in [2.24, 2.45) is 0 Å². The van der Waals surface area contributed by atoms with Crippen molar-refractivity contribution >= 4 is 92.9 Å². The van der Waals surface area contributed by atoms with Crippen molar-refractivity contribution in [3.8, 4) is 34.0 Å². The van der Waals surface area contributed by atoms with Crippen molar-refractivity contribution in [2.75, 3.05) is 0 Å². The minimum atomic E-state index is 0.515. The monoisotopic (exact) mass is 840 g/mol. The van der Waals surface area contributed by atoms with Crippen molar-refractivity contribution < 1.29 is 0 Å². The van der Waals surface area contributed by atoms with Crippen LogP contribution in [0.15, 0.2) is 219 Å². The standard InChI is InChI=1S/C60H36N6/c1-61-47-35-58(64-51-28-12-4-20-40(51)41-21-5-13-29-52(41)64)57(63-49-26-10-2-18-38(49)39-19-3-11-27-50(39)63)34-46(47)48-36-59(65-53-30-14-6-22-42(53)43-23-7-15-31-54(43)65)60(37-62-48)66-55-32-16-8-24-44(55)45-25-9-17-33-56(45)66/h2-37H. The van der Waals surface area contributed by atoms with E-state index >= 15 is 0 Å². The van der Waals surface area contributed by atoms with Gasteiger partial charge in [-0.3, -0.25) is 4.98 Å². The lowest BCUT2D eigenvalue weighted by atomic mass is 10.0. The summed E-state index contributed by atoms with van der Waals surface area (Å²) in [5, 5.41) is 9.35. The van der Waals surface area contributed by atoms with Gasteiger partial charge < -0.3 is 18.3 Å². The Hall–Kier alpha value is -9.18. The zero-order chi connectivity index (χ0) is 43.5. The summed E-state index contributed by atoms with van der Waals surface area (Å²) in [6.45, 7) is 8.91. The number of para-hydroxylation sites is 8. The number of aromatic nitrogens is 5. The Morgan fingerprint density at radius 2 is 0.561 bits per heavy atom. The van der Waals surface area contributed by atoms with Gasteiger partial charge in [0.15, 0.2) is 5.69 Å². The van der Waals surface area contributed by atoms with E-state index in [-0.39, 0.29) is 0 Å². The lowest BCUT2D eigenvalue weighted by molar-refractivity contribution is 1.07. The normalized spacial score (nSPS) is 11.9. The predicted octanol–water partition coefficient (Wildman–Crippen LogP) is 15.7. The zero-order valence-electron chi connectivity index (χ0n) is 35.5. The summed E-state index contributed by atoms with van der Waals surface area (Å²) in [4.78, 5) is 9.75. The van der Waals surface area contributed by atoms with Crippen LogP contribution in [0.1, 0.15) is 0 Å². The fourth-order valence-electron chi connectivity index (χ4n) is 10.9. The molecule has 0 radical (unpaired) electrons. The summed E-state index contributed by atoms with van der Waals surface area (Å²) < 4.78 is 9.45. The zero-order valence-corrected chi connectivity index (χ0v) is 35.5. The molecular weight excluding hydrogens is 805 g/mol. The summed E-state index contributed by atoms with van der Waals surface area (Å²) in [5.74, 6) is 0. The minimum Gasteiger partial charge on any atom is -0.308 e. The van der Waals surface area contributed by atoms with E-state index in [1.807, 2.05) is 6.20 Å². The molecule has 14 rings (SSSR count). The molecular formula is C60H36N6. The summed E-state index contributed by atoms with van der Waals surface area (Å²) in [6, 6.07) is 75.4. The highest BCUT2D eigenvalue weighted by atomic mass is 15.1. The van der Waals surface area contributed by atoms with Crippen LogP contribution in [0, 0.1) is 6.57 Å². The predicted molar refractivity (Wildman–Crippen MR) is 273 cm³/mol. The second kappa shape index (κ2) is 13.9. The van der Waals surface area contributed by atoms with Crippen molar-refractivity contribution in [3.63, 3.8) is 0 Å². The molecule has 306 valence electrons. The van der Waals surface area contributed by atoms with Gasteiger partial charge in [0.2, 0.25) is 0 Å². The molecule has 0 unspecified atom stereocenters. The molecule has 14 aromatic rings. The van der Waals surface area contributed by atoms with Gasteiger partial charge in [-0.05, 0) is 66.7 Å². The first-order valence-corrected chi connectivity index (χ1v) is 22.3. The first-order valence-electron chi connectivity index (χ1n) is 22.3. The molecule has 5 heterocycles. The number of pyridine rings is 1. The van der Waals surface area contributed by atoms with Crippen LogP contribution in [-0.2, 0) is 0 Å². The number of nitrogens with zero attached hydrogens (tertiary/aromatic N) is 6. The molecule has 5 aromatic heterocycles. The lowest BCUT2D eigenvalue weighted by Gasteiger charge is -2.21. The maximum atomic E-state index is 8.91. The van der Waals surface area contributed by atoms with Gasteiger partial charge in [0, 0.05) is 48.7 Å². The number of benzene rings is 9. The average Bonchev–Trinajstić information content (AvgIpc) is 4.11. The van der Waals surface area contributed by atoms with Crippen molar-refractivity contribution in [2.45, 2.75) is 0 Å². The molecule has 0 aliphatic heterocycles. The van der Waals surface area contributed by atoms with E-state index < -0.39 is 0 Å². The third kappa shape index (κ3) is 5.02. The Morgan fingerprint density at radius 3 is 0.864 bits per heavy atom. The fourth-order valence-corrected chi connectivity index (χ4v) is 10.9. The van der Waals surface area contributed by atoms with E-state index in [2.05, 4.69) is 235 Å². The van der Waals surface area contributed by atoms with Crippen LogP contribution in [0.25, 0.3) is 126 Å². The molecule has 0 spiro atoms. The van der Waals surface area contributed by atoms with Crippen molar-refractivity contribution in [3.05, 3.63) is 230 Å². The lowest BCUT2D eigenvalue weighted by Crippen LogP contribution is -2.06. The average molecular weight is 841 g/mol. The fraction of sp³-hybridized carbons (Fsp3) is 0. The van der Waals surface area contributed by atoms with E-state index in [1.165, 1.54) is 32.3 Å². The molecule has 66 heavy (non-hydrogen) atoms. The van der Waals surface area contributed by atoms with Gasteiger partial charge >= 0.3 is 0 Å². The van der Waals surface area contributed by atoms with E-state index in [9.17, 15) is 0 Å². The van der Waals surface area contributed by atoms with E-state index in [0.717, 1.165) is 83.2 Å². The van der Waals surface area contributed by atoms with Crippen molar-refractivity contribution in [1.82, 2.24) is 23.3 Å². The van der Waals surface area contributed by atoms with Crippen LogP contribution in [0.3, 0.4) is 0 Å². The topological polar surface area (TPSA) is 37.0 Å². The third-order valence-corrected chi connectivity index (χ3v) is 13.6. The van der Waals surface area contributed by atoms with Crippen LogP contribution in [0.2, 0.25) is 0 Å². The van der Waals surface area contributed by atoms with E-state index in [4.69, 9.17) is 11.6 Å². The quantitative estimate of drug-likeness (QED) is 0.159. The largest absolute Gasteiger partial charge is 0.308 e. The Morgan fingerprint density at radius 1 is 0.303 bits per heavy atom. The molecule has 9 aromatic carbocycles. The highest BCUT2D eigenvalue weighted by molar-refractivity contribution is 6.14. The van der Waals surface area contributed by atoms with Gasteiger partial charge in [-0.2, -0.15) is 0 Å². The molecule has 6 heteroatoms.